The Bertz CT molecular complexity index is 1270. The number of rotatable bonds is 6. The molecule has 2 aliphatic rings. The number of aryl methyl sites for hydroxylation is 2. The van der Waals surface area contributed by atoms with Gasteiger partial charge >= 0.3 is 0 Å². The van der Waals surface area contributed by atoms with Gasteiger partial charge in [-0.15, -0.1) is 0 Å². The SMILES string of the molecule is CCOc1ccc(C2c3c(oc4cc(C)c(C)cc4c3=O)C(=O)N2CCN2CCOCC2)cc1. The average Bonchev–Trinajstić information content (AvgIpc) is 3.12. The van der Waals surface area contributed by atoms with E-state index in [9.17, 15) is 9.59 Å². The molecular weight excluding hydrogens is 432 g/mol. The predicted octanol–water partition coefficient (Wildman–Crippen LogP) is 3.69. The van der Waals surface area contributed by atoms with Gasteiger partial charge in [-0.2, -0.15) is 0 Å². The van der Waals surface area contributed by atoms with Gasteiger partial charge in [-0.05, 0) is 61.7 Å². The maximum Gasteiger partial charge on any atom is 0.290 e. The maximum absolute atomic E-state index is 13.7. The van der Waals surface area contributed by atoms with Crippen LogP contribution in [0, 0.1) is 13.8 Å². The highest BCUT2D eigenvalue weighted by Gasteiger charge is 2.42. The van der Waals surface area contributed by atoms with Gasteiger partial charge in [0.25, 0.3) is 5.91 Å². The highest BCUT2D eigenvalue weighted by Crippen LogP contribution is 2.38. The molecular formula is C27H30N2O5. The first kappa shape index (κ1) is 22.6. The Morgan fingerprint density at radius 3 is 2.41 bits per heavy atom. The highest BCUT2D eigenvalue weighted by molar-refractivity contribution is 5.99. The first-order valence-electron chi connectivity index (χ1n) is 11.9. The summed E-state index contributed by atoms with van der Waals surface area (Å²) in [6.07, 6.45) is 0. The average molecular weight is 463 g/mol. The molecule has 178 valence electrons. The van der Waals surface area contributed by atoms with E-state index in [1.807, 2.05) is 57.2 Å². The van der Waals surface area contributed by atoms with Crippen molar-refractivity contribution in [2.24, 2.45) is 0 Å². The lowest BCUT2D eigenvalue weighted by molar-refractivity contribution is 0.0314. The summed E-state index contributed by atoms with van der Waals surface area (Å²) in [4.78, 5) is 31.4. The molecule has 3 aromatic rings. The lowest BCUT2D eigenvalue weighted by Crippen LogP contribution is -2.42. The fourth-order valence-electron chi connectivity index (χ4n) is 4.84. The standard InChI is InChI=1S/C27H30N2O5/c1-4-33-20-7-5-19(6-8-20)24-23-25(30)21-15-17(2)18(3)16-22(21)34-26(23)27(31)29(24)10-9-28-11-13-32-14-12-28/h5-8,15-16,24H,4,9-14H2,1-3H3. The molecule has 0 spiro atoms. The summed E-state index contributed by atoms with van der Waals surface area (Å²) in [6.45, 7) is 10.7. The van der Waals surface area contributed by atoms with E-state index in [2.05, 4.69) is 4.90 Å². The third-order valence-electron chi connectivity index (χ3n) is 6.85. The van der Waals surface area contributed by atoms with Crippen LogP contribution in [0.1, 0.15) is 45.8 Å². The van der Waals surface area contributed by atoms with Crippen LogP contribution in [0.25, 0.3) is 11.0 Å². The summed E-state index contributed by atoms with van der Waals surface area (Å²) in [5, 5.41) is 0.514. The first-order valence-corrected chi connectivity index (χ1v) is 11.9. The zero-order chi connectivity index (χ0) is 23.8. The molecule has 1 amide bonds. The summed E-state index contributed by atoms with van der Waals surface area (Å²) in [6, 6.07) is 10.9. The van der Waals surface area contributed by atoms with Crippen LogP contribution in [0.3, 0.4) is 0 Å². The van der Waals surface area contributed by atoms with E-state index in [0.29, 0.717) is 49.4 Å². The van der Waals surface area contributed by atoms with E-state index in [0.717, 1.165) is 35.5 Å². The highest BCUT2D eigenvalue weighted by atomic mass is 16.5. The van der Waals surface area contributed by atoms with Gasteiger partial charge in [0, 0.05) is 26.2 Å². The molecule has 0 radical (unpaired) electrons. The second-order valence-electron chi connectivity index (χ2n) is 8.96. The molecule has 5 rings (SSSR count). The van der Waals surface area contributed by atoms with Crippen molar-refractivity contribution in [1.82, 2.24) is 9.80 Å². The van der Waals surface area contributed by atoms with E-state index in [1.165, 1.54) is 0 Å². The van der Waals surface area contributed by atoms with Crippen molar-refractivity contribution in [3.8, 4) is 5.75 Å². The van der Waals surface area contributed by atoms with Crippen LogP contribution in [-0.4, -0.2) is 61.7 Å². The predicted molar refractivity (Wildman–Crippen MR) is 130 cm³/mol. The molecule has 0 bridgehead atoms. The smallest absolute Gasteiger partial charge is 0.290 e. The maximum atomic E-state index is 13.7. The normalized spacial score (nSPS) is 18.5. The number of hydrogen-bond acceptors (Lipinski definition) is 6. The molecule has 1 saturated heterocycles. The Hall–Kier alpha value is -3.16. The van der Waals surface area contributed by atoms with Crippen molar-refractivity contribution in [3.63, 3.8) is 0 Å². The monoisotopic (exact) mass is 462 g/mol. The van der Waals surface area contributed by atoms with Crippen LogP contribution in [0.2, 0.25) is 0 Å². The van der Waals surface area contributed by atoms with Crippen molar-refractivity contribution in [3.05, 3.63) is 74.6 Å². The third kappa shape index (κ3) is 3.99. The summed E-state index contributed by atoms with van der Waals surface area (Å²) < 4.78 is 17.2. The fourth-order valence-corrected chi connectivity index (χ4v) is 4.84. The van der Waals surface area contributed by atoms with Gasteiger partial charge in [-0.3, -0.25) is 14.5 Å². The van der Waals surface area contributed by atoms with Gasteiger partial charge < -0.3 is 18.8 Å². The molecule has 1 fully saturated rings. The molecule has 1 atom stereocenters. The zero-order valence-corrected chi connectivity index (χ0v) is 19.9. The molecule has 3 heterocycles. The fraction of sp³-hybridized carbons (Fsp3) is 0.407. The molecule has 1 unspecified atom stereocenters. The number of ether oxygens (including phenoxy) is 2. The summed E-state index contributed by atoms with van der Waals surface area (Å²) >= 11 is 0. The van der Waals surface area contributed by atoms with E-state index in [4.69, 9.17) is 13.9 Å². The molecule has 7 nitrogen and oxygen atoms in total. The number of morpholine rings is 1. The van der Waals surface area contributed by atoms with Gasteiger partial charge in [0.2, 0.25) is 5.76 Å². The van der Waals surface area contributed by atoms with E-state index in [1.54, 1.807) is 4.90 Å². The lowest BCUT2D eigenvalue weighted by atomic mass is 9.97. The Kier molecular flexibility index (Phi) is 6.15. The van der Waals surface area contributed by atoms with E-state index < -0.39 is 6.04 Å². The Morgan fingerprint density at radius 2 is 1.71 bits per heavy atom. The van der Waals surface area contributed by atoms with Crippen molar-refractivity contribution in [2.45, 2.75) is 26.8 Å². The summed E-state index contributed by atoms with van der Waals surface area (Å²) in [7, 11) is 0. The number of carbonyl (C=O) groups is 1. The van der Waals surface area contributed by atoms with Gasteiger partial charge in [-0.25, -0.2) is 0 Å². The van der Waals surface area contributed by atoms with Crippen LogP contribution >= 0.6 is 0 Å². The number of fused-ring (bicyclic) bond motifs is 2. The number of hydrogen-bond donors (Lipinski definition) is 0. The van der Waals surface area contributed by atoms with Crippen molar-refractivity contribution >= 4 is 16.9 Å². The van der Waals surface area contributed by atoms with Gasteiger partial charge in [0.15, 0.2) is 5.43 Å². The molecule has 0 aliphatic carbocycles. The van der Waals surface area contributed by atoms with Crippen molar-refractivity contribution in [2.75, 3.05) is 46.0 Å². The van der Waals surface area contributed by atoms with E-state index in [-0.39, 0.29) is 17.1 Å². The molecule has 1 aromatic heterocycles. The quantitative estimate of drug-likeness (QED) is 0.557. The minimum absolute atomic E-state index is 0.138. The minimum atomic E-state index is -0.499. The van der Waals surface area contributed by atoms with E-state index >= 15 is 0 Å². The number of carbonyl (C=O) groups excluding carboxylic acids is 1. The van der Waals surface area contributed by atoms with Gasteiger partial charge in [0.05, 0.1) is 36.8 Å². The zero-order valence-electron chi connectivity index (χ0n) is 19.9. The molecule has 7 heteroatoms. The number of nitrogens with zero attached hydrogens (tertiary/aromatic N) is 2. The van der Waals surface area contributed by atoms with Crippen molar-refractivity contribution < 1.29 is 18.7 Å². The number of benzene rings is 2. The summed E-state index contributed by atoms with van der Waals surface area (Å²) in [5.41, 5.74) is 3.65. The molecule has 0 saturated carbocycles. The van der Waals surface area contributed by atoms with Crippen molar-refractivity contribution in [1.29, 1.82) is 0 Å². The largest absolute Gasteiger partial charge is 0.494 e. The molecule has 2 aliphatic heterocycles. The molecule has 0 N–H and O–H groups in total. The second-order valence-corrected chi connectivity index (χ2v) is 8.96. The van der Waals surface area contributed by atoms with Gasteiger partial charge in [0.1, 0.15) is 11.3 Å². The van der Waals surface area contributed by atoms with Crippen LogP contribution < -0.4 is 10.2 Å². The Balaban J connectivity index is 1.59. The van der Waals surface area contributed by atoms with Gasteiger partial charge in [-0.1, -0.05) is 12.1 Å². The minimum Gasteiger partial charge on any atom is -0.494 e. The first-order chi connectivity index (χ1) is 16.5. The topological polar surface area (TPSA) is 72.2 Å². The van der Waals surface area contributed by atoms with Crippen LogP contribution in [0.5, 0.6) is 5.75 Å². The third-order valence-corrected chi connectivity index (χ3v) is 6.85. The Labute approximate surface area is 198 Å². The second kappa shape index (κ2) is 9.24. The van der Waals surface area contributed by atoms with Crippen LogP contribution in [-0.2, 0) is 4.74 Å². The van der Waals surface area contributed by atoms with Crippen LogP contribution in [0.4, 0.5) is 0 Å². The van der Waals surface area contributed by atoms with Crippen LogP contribution in [0.15, 0.2) is 45.6 Å². The Morgan fingerprint density at radius 1 is 1.00 bits per heavy atom. The lowest BCUT2D eigenvalue weighted by Gasteiger charge is -2.31. The molecule has 2 aromatic carbocycles. The molecule has 34 heavy (non-hydrogen) atoms. The number of amides is 1. The summed E-state index contributed by atoms with van der Waals surface area (Å²) in [5.74, 6) is 0.674.